The van der Waals surface area contributed by atoms with Crippen LogP contribution in [0.2, 0.25) is 10.0 Å². The third-order valence-corrected chi connectivity index (χ3v) is 5.37. The molecule has 1 aromatic carbocycles. The maximum absolute atomic E-state index is 11.7. The van der Waals surface area contributed by atoms with Crippen LogP contribution in [0.15, 0.2) is 35.4 Å². The minimum atomic E-state index is -3.44. The van der Waals surface area contributed by atoms with Crippen LogP contribution < -0.4 is 4.74 Å². The molecule has 142 valence electrons. The van der Waals surface area contributed by atoms with E-state index in [1.807, 2.05) is 19.1 Å². The fourth-order valence-corrected chi connectivity index (χ4v) is 3.68. The highest BCUT2D eigenvalue weighted by molar-refractivity contribution is 7.90. The molecule has 0 atom stereocenters. The second-order valence-corrected chi connectivity index (χ2v) is 8.49. The second kappa shape index (κ2) is 7.79. The Balaban J connectivity index is 1.86. The van der Waals surface area contributed by atoms with E-state index >= 15 is 0 Å². The number of benzene rings is 1. The first-order valence-corrected chi connectivity index (χ1v) is 10.5. The predicted octanol–water partition coefficient (Wildman–Crippen LogP) is 2.91. The molecule has 0 aliphatic carbocycles. The Morgan fingerprint density at radius 2 is 1.89 bits per heavy atom. The number of tetrazole rings is 1. The van der Waals surface area contributed by atoms with Crippen molar-refractivity contribution in [2.75, 3.05) is 6.26 Å². The molecule has 0 saturated carbocycles. The standard InChI is InChI=1S/C16H15Cl2N5O3S/c1-3-10-4-5-19-14(6-10)23-15(20-21-22-23)9-26-16-12(17)7-11(8-13(16)18)27(2,24)25/h4-8H,3,9H2,1-2H3. The number of rotatable bonds is 6. The zero-order chi connectivity index (χ0) is 19.6. The van der Waals surface area contributed by atoms with Gasteiger partial charge in [0, 0.05) is 12.5 Å². The summed E-state index contributed by atoms with van der Waals surface area (Å²) in [6.07, 6.45) is 3.60. The number of hydrogen-bond acceptors (Lipinski definition) is 7. The predicted molar refractivity (Wildman–Crippen MR) is 100 cm³/mol. The average molecular weight is 428 g/mol. The van der Waals surface area contributed by atoms with Gasteiger partial charge in [0.15, 0.2) is 33.8 Å². The molecule has 8 nitrogen and oxygen atoms in total. The molecule has 0 saturated heterocycles. The minimum Gasteiger partial charge on any atom is -0.482 e. The van der Waals surface area contributed by atoms with Crippen LogP contribution in [0.1, 0.15) is 18.3 Å². The van der Waals surface area contributed by atoms with Gasteiger partial charge < -0.3 is 4.74 Å². The van der Waals surface area contributed by atoms with Gasteiger partial charge in [0.25, 0.3) is 0 Å². The van der Waals surface area contributed by atoms with Crippen LogP contribution in [-0.4, -0.2) is 39.9 Å². The van der Waals surface area contributed by atoms with Crippen molar-refractivity contribution in [3.05, 3.63) is 51.9 Å². The smallest absolute Gasteiger partial charge is 0.195 e. The molecule has 3 rings (SSSR count). The Hall–Kier alpha value is -2.23. The van der Waals surface area contributed by atoms with Gasteiger partial charge in [-0.05, 0) is 46.7 Å². The van der Waals surface area contributed by atoms with Crippen LogP contribution in [0.5, 0.6) is 5.75 Å². The van der Waals surface area contributed by atoms with E-state index < -0.39 is 9.84 Å². The van der Waals surface area contributed by atoms with Crippen LogP contribution in [0.4, 0.5) is 0 Å². The molecule has 11 heteroatoms. The summed E-state index contributed by atoms with van der Waals surface area (Å²) in [5.74, 6) is 1.09. The van der Waals surface area contributed by atoms with E-state index in [2.05, 4.69) is 20.5 Å². The molecule has 0 aliphatic rings. The monoisotopic (exact) mass is 427 g/mol. The summed E-state index contributed by atoms with van der Waals surface area (Å²) in [5, 5.41) is 11.7. The van der Waals surface area contributed by atoms with Gasteiger partial charge >= 0.3 is 0 Å². The SMILES string of the molecule is CCc1ccnc(-n2nnnc2COc2c(Cl)cc(S(C)(=O)=O)cc2Cl)c1. The van der Waals surface area contributed by atoms with E-state index in [4.69, 9.17) is 27.9 Å². The first kappa shape index (κ1) is 19.5. The Morgan fingerprint density at radius 3 is 2.52 bits per heavy atom. The number of ether oxygens (including phenoxy) is 1. The van der Waals surface area contributed by atoms with Crippen molar-refractivity contribution in [1.82, 2.24) is 25.2 Å². The zero-order valence-electron chi connectivity index (χ0n) is 14.4. The highest BCUT2D eigenvalue weighted by atomic mass is 35.5. The van der Waals surface area contributed by atoms with E-state index in [0.29, 0.717) is 11.6 Å². The summed E-state index contributed by atoms with van der Waals surface area (Å²) < 4.78 is 30.4. The van der Waals surface area contributed by atoms with Crippen LogP contribution in [-0.2, 0) is 22.9 Å². The van der Waals surface area contributed by atoms with Crippen molar-refractivity contribution in [3.63, 3.8) is 0 Å². The van der Waals surface area contributed by atoms with Crippen molar-refractivity contribution < 1.29 is 13.2 Å². The van der Waals surface area contributed by atoms with Crippen LogP contribution in [0.3, 0.4) is 0 Å². The fraction of sp³-hybridized carbons (Fsp3) is 0.250. The van der Waals surface area contributed by atoms with E-state index in [0.717, 1.165) is 18.2 Å². The first-order chi connectivity index (χ1) is 12.8. The molecular formula is C16H15Cl2N5O3S. The lowest BCUT2D eigenvalue weighted by Crippen LogP contribution is -2.09. The quantitative estimate of drug-likeness (QED) is 0.595. The van der Waals surface area contributed by atoms with Gasteiger partial charge in [0.1, 0.15) is 0 Å². The molecular weight excluding hydrogens is 413 g/mol. The van der Waals surface area contributed by atoms with E-state index in [-0.39, 0.29) is 27.3 Å². The summed E-state index contributed by atoms with van der Waals surface area (Å²) in [5.41, 5.74) is 1.09. The van der Waals surface area contributed by atoms with Crippen LogP contribution in [0.25, 0.3) is 5.82 Å². The Kier molecular flexibility index (Phi) is 5.64. The van der Waals surface area contributed by atoms with Crippen LogP contribution >= 0.6 is 23.2 Å². The van der Waals surface area contributed by atoms with E-state index in [1.54, 1.807) is 6.20 Å². The molecule has 0 N–H and O–H groups in total. The molecule has 0 bridgehead atoms. The van der Waals surface area contributed by atoms with Crippen molar-refractivity contribution in [1.29, 1.82) is 0 Å². The Bertz CT molecular complexity index is 1060. The number of hydrogen-bond donors (Lipinski definition) is 0. The first-order valence-electron chi connectivity index (χ1n) is 7.84. The summed E-state index contributed by atoms with van der Waals surface area (Å²) in [6.45, 7) is 2.00. The van der Waals surface area contributed by atoms with Crippen molar-refractivity contribution >= 4 is 33.0 Å². The third kappa shape index (κ3) is 4.37. The molecule has 0 unspecified atom stereocenters. The second-order valence-electron chi connectivity index (χ2n) is 5.66. The fourth-order valence-electron chi connectivity index (χ4n) is 2.30. The van der Waals surface area contributed by atoms with E-state index in [9.17, 15) is 8.42 Å². The minimum absolute atomic E-state index is 0.00950. The molecule has 27 heavy (non-hydrogen) atoms. The number of aromatic nitrogens is 5. The highest BCUT2D eigenvalue weighted by Crippen LogP contribution is 2.36. The Morgan fingerprint density at radius 1 is 1.19 bits per heavy atom. The van der Waals surface area contributed by atoms with Crippen molar-refractivity contribution in [3.8, 4) is 11.6 Å². The molecule has 0 fully saturated rings. The summed E-state index contributed by atoms with van der Waals surface area (Å²) in [4.78, 5) is 4.27. The lowest BCUT2D eigenvalue weighted by atomic mass is 10.2. The molecule has 2 heterocycles. The van der Waals surface area contributed by atoms with Crippen molar-refractivity contribution in [2.45, 2.75) is 24.8 Å². The van der Waals surface area contributed by atoms with Gasteiger partial charge in [-0.1, -0.05) is 30.1 Å². The number of halogens is 2. The summed E-state index contributed by atoms with van der Waals surface area (Å²) in [6, 6.07) is 6.36. The lowest BCUT2D eigenvalue weighted by molar-refractivity contribution is 0.292. The van der Waals surface area contributed by atoms with Gasteiger partial charge in [-0.25, -0.2) is 13.4 Å². The highest BCUT2D eigenvalue weighted by Gasteiger charge is 2.17. The summed E-state index contributed by atoms with van der Waals surface area (Å²) in [7, 11) is -3.44. The molecule has 3 aromatic rings. The van der Waals surface area contributed by atoms with Gasteiger partial charge in [-0.15, -0.1) is 5.10 Å². The topological polar surface area (TPSA) is 99.9 Å². The van der Waals surface area contributed by atoms with Crippen molar-refractivity contribution in [2.24, 2.45) is 0 Å². The molecule has 0 amide bonds. The zero-order valence-corrected chi connectivity index (χ0v) is 16.8. The maximum Gasteiger partial charge on any atom is 0.195 e. The lowest BCUT2D eigenvalue weighted by Gasteiger charge is -2.11. The van der Waals surface area contributed by atoms with Gasteiger partial charge in [0.05, 0.1) is 14.9 Å². The summed E-state index contributed by atoms with van der Waals surface area (Å²) >= 11 is 12.3. The van der Waals surface area contributed by atoms with E-state index in [1.165, 1.54) is 16.8 Å². The molecule has 0 aliphatic heterocycles. The number of nitrogens with zero attached hydrogens (tertiary/aromatic N) is 5. The van der Waals surface area contributed by atoms with Gasteiger partial charge in [-0.3, -0.25) is 0 Å². The molecule has 2 aromatic heterocycles. The number of sulfone groups is 1. The molecule has 0 radical (unpaired) electrons. The Labute approximate surface area is 166 Å². The molecule has 0 spiro atoms. The average Bonchev–Trinajstić information content (AvgIpc) is 3.08. The van der Waals surface area contributed by atoms with Gasteiger partial charge in [0.2, 0.25) is 0 Å². The van der Waals surface area contributed by atoms with Gasteiger partial charge in [-0.2, -0.15) is 4.68 Å². The maximum atomic E-state index is 11.7. The largest absolute Gasteiger partial charge is 0.482 e. The number of pyridine rings is 1. The normalized spacial score (nSPS) is 11.6. The van der Waals surface area contributed by atoms with Crippen LogP contribution in [0, 0.1) is 0 Å². The number of aryl methyl sites for hydroxylation is 1. The third-order valence-electron chi connectivity index (χ3n) is 3.71.